The first-order chi connectivity index (χ1) is 12.0. The van der Waals surface area contributed by atoms with Crippen LogP contribution in [0.4, 0.5) is 0 Å². The largest absolute Gasteiger partial charge is 0.0623 e. The van der Waals surface area contributed by atoms with E-state index in [1.54, 1.807) is 0 Å². The van der Waals surface area contributed by atoms with Gasteiger partial charge >= 0.3 is 0 Å². The first kappa shape index (κ1) is 26.2. The van der Waals surface area contributed by atoms with Crippen LogP contribution < -0.4 is 0 Å². The molecule has 0 fully saturated rings. The van der Waals surface area contributed by atoms with E-state index in [0.717, 1.165) is 0 Å². The Hall–Kier alpha value is -2.08. The van der Waals surface area contributed by atoms with Crippen LogP contribution in [0.5, 0.6) is 0 Å². The van der Waals surface area contributed by atoms with Crippen LogP contribution in [0.2, 0.25) is 0 Å². The molecule has 0 aromatic heterocycles. The SMILES string of the molecule is C1=C\C=C/C=C\C=C/1.C1=C\C=C/C=C\C=C/1.C1=C\C=C/C=C\C=C/1.[Mn].[Mn]. The van der Waals surface area contributed by atoms with Gasteiger partial charge in [0.25, 0.3) is 0 Å². The molecule has 2 radical (unpaired) electrons. The third-order valence-electron chi connectivity index (χ3n) is 2.67. The minimum Gasteiger partial charge on any atom is -0.0623 e. The summed E-state index contributed by atoms with van der Waals surface area (Å²) in [7, 11) is 0. The molecule has 0 aromatic rings. The Bertz CT molecular complexity index is 408. The van der Waals surface area contributed by atoms with Gasteiger partial charge in [0.05, 0.1) is 0 Å². The predicted octanol–water partition coefficient (Wildman–Crippen LogP) is 6.67. The molecule has 26 heavy (non-hydrogen) atoms. The second-order valence-corrected chi connectivity index (χ2v) is 4.62. The molecule has 0 saturated heterocycles. The summed E-state index contributed by atoms with van der Waals surface area (Å²) in [6.07, 6.45) is 48.0. The van der Waals surface area contributed by atoms with Crippen molar-refractivity contribution in [2.45, 2.75) is 0 Å². The summed E-state index contributed by atoms with van der Waals surface area (Å²) in [6, 6.07) is 0. The second kappa shape index (κ2) is 22.9. The van der Waals surface area contributed by atoms with Gasteiger partial charge in [0, 0.05) is 34.1 Å². The third kappa shape index (κ3) is 20.0. The van der Waals surface area contributed by atoms with Gasteiger partial charge in [-0.15, -0.1) is 0 Å². The van der Waals surface area contributed by atoms with Crippen LogP contribution in [0, 0.1) is 0 Å². The molecule has 0 bridgehead atoms. The molecule has 0 aromatic carbocycles. The van der Waals surface area contributed by atoms with Crippen LogP contribution in [-0.4, -0.2) is 0 Å². The maximum atomic E-state index is 2.00. The number of hydrogen-bond acceptors (Lipinski definition) is 0. The van der Waals surface area contributed by atoms with Crippen molar-refractivity contribution < 1.29 is 34.1 Å². The summed E-state index contributed by atoms with van der Waals surface area (Å²) in [5.41, 5.74) is 0. The van der Waals surface area contributed by atoms with Crippen molar-refractivity contribution in [3.8, 4) is 0 Å². The van der Waals surface area contributed by atoms with E-state index in [9.17, 15) is 0 Å². The van der Waals surface area contributed by atoms with Gasteiger partial charge in [-0.1, -0.05) is 146 Å². The molecule has 0 spiro atoms. The van der Waals surface area contributed by atoms with Gasteiger partial charge in [-0.2, -0.15) is 0 Å². The van der Waals surface area contributed by atoms with Crippen molar-refractivity contribution in [2.24, 2.45) is 0 Å². The van der Waals surface area contributed by atoms with E-state index in [4.69, 9.17) is 0 Å². The Kier molecular flexibility index (Phi) is 23.1. The van der Waals surface area contributed by atoms with E-state index in [1.807, 2.05) is 146 Å². The van der Waals surface area contributed by atoms with Crippen molar-refractivity contribution >= 4 is 0 Å². The molecule has 0 nitrogen and oxygen atoms in total. The first-order valence-electron chi connectivity index (χ1n) is 8.00. The Labute approximate surface area is 179 Å². The molecule has 134 valence electrons. The van der Waals surface area contributed by atoms with Crippen LogP contribution in [0.15, 0.2) is 146 Å². The fourth-order valence-corrected chi connectivity index (χ4v) is 1.54. The van der Waals surface area contributed by atoms with Gasteiger partial charge in [-0.25, -0.2) is 0 Å². The van der Waals surface area contributed by atoms with Crippen LogP contribution in [0.1, 0.15) is 0 Å². The quantitative estimate of drug-likeness (QED) is 0.383. The molecular weight excluding hydrogens is 398 g/mol. The molecule has 3 aliphatic carbocycles. The number of rotatable bonds is 0. The van der Waals surface area contributed by atoms with Crippen molar-refractivity contribution in [3.63, 3.8) is 0 Å². The maximum absolute atomic E-state index is 2.00. The second-order valence-electron chi connectivity index (χ2n) is 4.62. The Morgan fingerprint density at radius 2 is 0.154 bits per heavy atom. The topological polar surface area (TPSA) is 0 Å². The molecule has 2 heteroatoms. The van der Waals surface area contributed by atoms with E-state index in [-0.39, 0.29) is 34.1 Å². The van der Waals surface area contributed by atoms with Crippen LogP contribution in [0.3, 0.4) is 0 Å². The summed E-state index contributed by atoms with van der Waals surface area (Å²) in [6.45, 7) is 0. The van der Waals surface area contributed by atoms with Gasteiger partial charge < -0.3 is 0 Å². The smallest absolute Gasteiger partial charge is 0 e. The minimum absolute atomic E-state index is 0. The molecule has 0 aliphatic heterocycles. The molecular formula is C24H24Mn2. The monoisotopic (exact) mass is 422 g/mol. The van der Waals surface area contributed by atoms with Crippen LogP contribution >= 0.6 is 0 Å². The van der Waals surface area contributed by atoms with Crippen molar-refractivity contribution in [3.05, 3.63) is 146 Å². The van der Waals surface area contributed by atoms with E-state index in [0.29, 0.717) is 0 Å². The van der Waals surface area contributed by atoms with Crippen LogP contribution in [-0.2, 0) is 34.1 Å². The summed E-state index contributed by atoms with van der Waals surface area (Å²) in [5.74, 6) is 0. The van der Waals surface area contributed by atoms with E-state index >= 15 is 0 Å². The average Bonchev–Trinajstić information content (AvgIpc) is 2.46. The van der Waals surface area contributed by atoms with E-state index in [2.05, 4.69) is 0 Å². The zero-order valence-electron chi connectivity index (χ0n) is 14.6. The zero-order valence-corrected chi connectivity index (χ0v) is 17.0. The number of hydrogen-bond donors (Lipinski definition) is 0. The molecule has 3 rings (SSSR count). The van der Waals surface area contributed by atoms with Gasteiger partial charge in [0.1, 0.15) is 0 Å². The summed E-state index contributed by atoms with van der Waals surface area (Å²) >= 11 is 0. The third-order valence-corrected chi connectivity index (χ3v) is 2.67. The normalized spacial score (nSPS) is 29.5. The fraction of sp³-hybridized carbons (Fsp3) is 0. The van der Waals surface area contributed by atoms with Gasteiger partial charge in [-0.05, 0) is 0 Å². The molecule has 0 heterocycles. The Morgan fingerprint density at radius 3 is 0.192 bits per heavy atom. The Morgan fingerprint density at radius 1 is 0.115 bits per heavy atom. The standard InChI is InChI=1S/3C8H8.2Mn/c3*1-2-4-6-8-7-5-3-1;;/h3*1-8H;;/b3*2-1-,3-1?,4-2?,5-3-,6-4-,7-5?,8-6?,8-7-;;. The predicted molar refractivity (Wildman–Crippen MR) is 110 cm³/mol. The molecule has 3 aliphatic rings. The molecule has 0 saturated carbocycles. The van der Waals surface area contributed by atoms with Crippen molar-refractivity contribution in [1.82, 2.24) is 0 Å². The molecule has 0 unspecified atom stereocenters. The van der Waals surface area contributed by atoms with Crippen LogP contribution in [0.25, 0.3) is 0 Å². The van der Waals surface area contributed by atoms with E-state index in [1.165, 1.54) is 0 Å². The van der Waals surface area contributed by atoms with Gasteiger partial charge in [-0.3, -0.25) is 0 Å². The van der Waals surface area contributed by atoms with E-state index < -0.39 is 0 Å². The summed E-state index contributed by atoms with van der Waals surface area (Å²) in [5, 5.41) is 0. The number of allylic oxidation sites excluding steroid dienone is 24. The first-order valence-corrected chi connectivity index (χ1v) is 8.00. The summed E-state index contributed by atoms with van der Waals surface area (Å²) < 4.78 is 0. The molecule has 0 N–H and O–H groups in total. The molecule has 0 amide bonds. The van der Waals surface area contributed by atoms with Gasteiger partial charge in [0.2, 0.25) is 0 Å². The maximum Gasteiger partial charge on any atom is 0 e. The fourth-order valence-electron chi connectivity index (χ4n) is 1.54. The zero-order chi connectivity index (χ0) is 17.0. The minimum atomic E-state index is 0. The van der Waals surface area contributed by atoms with Crippen molar-refractivity contribution in [1.29, 1.82) is 0 Å². The average molecular weight is 422 g/mol. The van der Waals surface area contributed by atoms with Crippen molar-refractivity contribution in [2.75, 3.05) is 0 Å². The molecule has 0 atom stereocenters. The van der Waals surface area contributed by atoms with Gasteiger partial charge in [0.15, 0.2) is 0 Å². The summed E-state index contributed by atoms with van der Waals surface area (Å²) in [4.78, 5) is 0. The Balaban J connectivity index is 0.